The molecule has 0 unspecified atom stereocenters. The van der Waals surface area contributed by atoms with Crippen LogP contribution in [0.4, 0.5) is 11.4 Å². The first-order valence-corrected chi connectivity index (χ1v) is 11.4. The van der Waals surface area contributed by atoms with Gasteiger partial charge >= 0.3 is 0 Å². The number of rotatable bonds is 4. The van der Waals surface area contributed by atoms with Gasteiger partial charge in [-0.2, -0.15) is 0 Å². The van der Waals surface area contributed by atoms with Gasteiger partial charge in [-0.05, 0) is 61.4 Å². The van der Waals surface area contributed by atoms with E-state index in [1.54, 1.807) is 48.5 Å². The number of likely N-dealkylation sites (tertiary alicyclic amines) is 2. The van der Waals surface area contributed by atoms with Crippen LogP contribution in [0.5, 0.6) is 0 Å². The van der Waals surface area contributed by atoms with Gasteiger partial charge in [0.15, 0.2) is 0 Å². The highest BCUT2D eigenvalue weighted by Gasteiger charge is 2.19. The summed E-state index contributed by atoms with van der Waals surface area (Å²) in [5, 5.41) is 0. The van der Waals surface area contributed by atoms with E-state index < -0.39 is 9.84 Å². The van der Waals surface area contributed by atoms with Gasteiger partial charge in [-0.3, -0.25) is 0 Å². The van der Waals surface area contributed by atoms with E-state index in [1.165, 1.54) is 0 Å². The molecule has 2 aliphatic rings. The summed E-state index contributed by atoms with van der Waals surface area (Å²) in [4.78, 5) is 14.1. The van der Waals surface area contributed by atoms with Crippen LogP contribution in [0, 0.1) is 0 Å². The Morgan fingerprint density at radius 1 is 0.690 bits per heavy atom. The van der Waals surface area contributed by atoms with Gasteiger partial charge in [0.1, 0.15) is 11.7 Å². The molecule has 2 fully saturated rings. The third-order valence-electron chi connectivity index (χ3n) is 5.48. The van der Waals surface area contributed by atoms with Gasteiger partial charge in [0.25, 0.3) is 0 Å². The van der Waals surface area contributed by atoms with Crippen molar-refractivity contribution in [2.45, 2.75) is 35.5 Å². The maximum absolute atomic E-state index is 13.0. The van der Waals surface area contributed by atoms with Gasteiger partial charge in [0, 0.05) is 40.0 Å². The van der Waals surface area contributed by atoms with Gasteiger partial charge < -0.3 is 9.80 Å². The molecule has 0 atom stereocenters. The standard InChI is InChI=1S/C22H26N4O2S/c1-25-15-3-5-21(25)23-17-7-11-19(12-8-17)29(27,28)20-13-9-18(10-14-20)24-22-6-4-16-26(22)2/h7-14H,3-6,15-16H2,1-2H3. The van der Waals surface area contributed by atoms with Crippen LogP contribution >= 0.6 is 0 Å². The van der Waals surface area contributed by atoms with E-state index in [0.29, 0.717) is 0 Å². The van der Waals surface area contributed by atoms with Gasteiger partial charge in [0.2, 0.25) is 9.84 Å². The fourth-order valence-corrected chi connectivity index (χ4v) is 4.97. The lowest BCUT2D eigenvalue weighted by Gasteiger charge is -2.11. The van der Waals surface area contributed by atoms with Crippen molar-refractivity contribution >= 4 is 32.9 Å². The summed E-state index contributed by atoms with van der Waals surface area (Å²) in [6.45, 7) is 2.03. The van der Waals surface area contributed by atoms with Gasteiger partial charge in [0.05, 0.1) is 21.2 Å². The third-order valence-corrected chi connectivity index (χ3v) is 7.26. The molecule has 2 aromatic carbocycles. The van der Waals surface area contributed by atoms with Crippen molar-refractivity contribution in [2.24, 2.45) is 9.98 Å². The molecule has 4 rings (SSSR count). The van der Waals surface area contributed by atoms with E-state index in [9.17, 15) is 8.42 Å². The summed E-state index contributed by atoms with van der Waals surface area (Å²) in [6, 6.07) is 13.6. The quantitative estimate of drug-likeness (QED) is 0.763. The average Bonchev–Trinajstić information content (AvgIpc) is 3.31. The molecule has 6 nitrogen and oxygen atoms in total. The smallest absolute Gasteiger partial charge is 0.206 e. The molecule has 2 saturated heterocycles. The largest absolute Gasteiger partial charge is 0.363 e. The summed E-state index contributed by atoms with van der Waals surface area (Å²) < 4.78 is 25.9. The lowest BCUT2D eigenvalue weighted by Crippen LogP contribution is -2.18. The first-order valence-electron chi connectivity index (χ1n) is 9.96. The second-order valence-corrected chi connectivity index (χ2v) is 9.55. The number of hydrogen-bond donors (Lipinski definition) is 0. The Bertz CT molecular complexity index is 962. The lowest BCUT2D eigenvalue weighted by molar-refractivity contribution is 0.550. The van der Waals surface area contributed by atoms with E-state index in [4.69, 9.17) is 0 Å². The molecule has 0 aromatic heterocycles. The molecule has 0 bridgehead atoms. The minimum absolute atomic E-state index is 0.274. The number of benzene rings is 2. The zero-order valence-electron chi connectivity index (χ0n) is 16.9. The Hall–Kier alpha value is -2.67. The van der Waals surface area contributed by atoms with Crippen molar-refractivity contribution < 1.29 is 8.42 Å². The topological polar surface area (TPSA) is 65.3 Å². The minimum atomic E-state index is -3.57. The fourth-order valence-electron chi connectivity index (χ4n) is 3.70. The normalized spacial score (nSPS) is 20.2. The lowest BCUT2D eigenvalue weighted by atomic mass is 10.3. The highest BCUT2D eigenvalue weighted by molar-refractivity contribution is 7.91. The molecule has 2 heterocycles. The number of hydrogen-bond acceptors (Lipinski definition) is 4. The van der Waals surface area contributed by atoms with Gasteiger partial charge in [-0.25, -0.2) is 18.4 Å². The van der Waals surface area contributed by atoms with Crippen LogP contribution in [0.1, 0.15) is 25.7 Å². The zero-order valence-corrected chi connectivity index (χ0v) is 17.7. The van der Waals surface area contributed by atoms with Crippen molar-refractivity contribution in [1.29, 1.82) is 0 Å². The Kier molecular flexibility index (Phi) is 5.41. The first-order chi connectivity index (χ1) is 13.9. The summed E-state index contributed by atoms with van der Waals surface area (Å²) in [5.41, 5.74) is 1.55. The molecule has 152 valence electrons. The Morgan fingerprint density at radius 2 is 1.07 bits per heavy atom. The Balaban J connectivity index is 1.53. The predicted octanol–water partition coefficient (Wildman–Crippen LogP) is 4.03. The molecule has 0 amide bonds. The SMILES string of the molecule is CN1CCCC1=Nc1ccc(S(=O)(=O)c2ccc(N=C3CCCN3C)cc2)cc1. The number of sulfone groups is 1. The van der Waals surface area contributed by atoms with Crippen LogP contribution in [0.3, 0.4) is 0 Å². The third kappa shape index (κ3) is 4.19. The van der Waals surface area contributed by atoms with Crippen molar-refractivity contribution in [1.82, 2.24) is 9.80 Å². The molecule has 0 saturated carbocycles. The zero-order chi connectivity index (χ0) is 20.4. The molecular formula is C22H26N4O2S. The van der Waals surface area contributed by atoms with Crippen LogP contribution in [0.2, 0.25) is 0 Å². The Morgan fingerprint density at radius 3 is 1.38 bits per heavy atom. The van der Waals surface area contributed by atoms with Crippen LogP contribution in [-0.4, -0.2) is 57.1 Å². The summed E-state index contributed by atoms with van der Waals surface area (Å²) in [6.07, 6.45) is 4.14. The van der Waals surface area contributed by atoms with E-state index in [2.05, 4.69) is 19.8 Å². The predicted molar refractivity (Wildman–Crippen MR) is 116 cm³/mol. The van der Waals surface area contributed by atoms with E-state index in [-0.39, 0.29) is 9.79 Å². The maximum atomic E-state index is 13.0. The number of amidine groups is 2. The molecule has 0 N–H and O–H groups in total. The highest BCUT2D eigenvalue weighted by Crippen LogP contribution is 2.26. The average molecular weight is 411 g/mol. The van der Waals surface area contributed by atoms with E-state index >= 15 is 0 Å². The summed E-state index contributed by atoms with van der Waals surface area (Å²) in [5.74, 6) is 2.09. The maximum Gasteiger partial charge on any atom is 0.206 e. The molecule has 0 radical (unpaired) electrons. The molecule has 2 aliphatic heterocycles. The summed E-state index contributed by atoms with van der Waals surface area (Å²) >= 11 is 0. The first kappa shape index (κ1) is 19.6. The molecule has 0 aliphatic carbocycles. The van der Waals surface area contributed by atoms with Crippen molar-refractivity contribution in [2.75, 3.05) is 27.2 Å². The van der Waals surface area contributed by atoms with Crippen molar-refractivity contribution in [3.63, 3.8) is 0 Å². The second-order valence-electron chi connectivity index (χ2n) is 7.60. The number of nitrogens with zero attached hydrogens (tertiary/aromatic N) is 4. The van der Waals surface area contributed by atoms with Crippen LogP contribution in [0.15, 0.2) is 68.3 Å². The molecule has 2 aromatic rings. The Labute approximate surface area is 172 Å². The minimum Gasteiger partial charge on any atom is -0.363 e. The monoisotopic (exact) mass is 410 g/mol. The van der Waals surface area contributed by atoms with Crippen molar-refractivity contribution in [3.05, 3.63) is 48.5 Å². The number of aliphatic imine (C=N–C) groups is 2. The van der Waals surface area contributed by atoms with Crippen molar-refractivity contribution in [3.8, 4) is 0 Å². The van der Waals surface area contributed by atoms with E-state index in [0.717, 1.165) is 61.8 Å². The fraction of sp³-hybridized carbons (Fsp3) is 0.364. The highest BCUT2D eigenvalue weighted by atomic mass is 32.2. The van der Waals surface area contributed by atoms with Gasteiger partial charge in [-0.15, -0.1) is 0 Å². The summed E-state index contributed by atoms with van der Waals surface area (Å²) in [7, 11) is 0.497. The molecular weight excluding hydrogens is 384 g/mol. The van der Waals surface area contributed by atoms with E-state index in [1.807, 2.05) is 14.1 Å². The van der Waals surface area contributed by atoms with Crippen LogP contribution < -0.4 is 0 Å². The molecule has 7 heteroatoms. The van der Waals surface area contributed by atoms with Crippen LogP contribution in [-0.2, 0) is 9.84 Å². The molecule has 29 heavy (non-hydrogen) atoms. The van der Waals surface area contributed by atoms with Crippen LogP contribution in [0.25, 0.3) is 0 Å². The van der Waals surface area contributed by atoms with Gasteiger partial charge in [-0.1, -0.05) is 0 Å². The molecule has 0 spiro atoms. The second kappa shape index (κ2) is 7.99.